The molecule has 0 spiro atoms. The maximum absolute atomic E-state index is 11.4. The molecule has 1 rings (SSSR count). The molecule has 4 N–H and O–H groups in total. The van der Waals surface area contributed by atoms with E-state index in [1.165, 1.54) is 6.92 Å². The van der Waals surface area contributed by atoms with Gasteiger partial charge in [0.15, 0.2) is 0 Å². The Morgan fingerprint density at radius 3 is 2.29 bits per heavy atom. The van der Waals surface area contributed by atoms with E-state index in [1.807, 2.05) is 0 Å². The van der Waals surface area contributed by atoms with Crippen molar-refractivity contribution in [3.63, 3.8) is 0 Å². The normalized spacial score (nSPS) is 15.5. The van der Waals surface area contributed by atoms with E-state index >= 15 is 0 Å². The summed E-state index contributed by atoms with van der Waals surface area (Å²) in [5, 5.41) is 0. The summed E-state index contributed by atoms with van der Waals surface area (Å²) in [5.41, 5.74) is -2.21. The lowest BCUT2D eigenvalue weighted by molar-refractivity contribution is 0.259. The molecule has 0 aromatic carbocycles. The fourth-order valence-electron chi connectivity index (χ4n) is 0.919. The van der Waals surface area contributed by atoms with Gasteiger partial charge in [0.1, 0.15) is 0 Å². The largest absolute Gasteiger partial charge is 0.478 e. The summed E-state index contributed by atoms with van der Waals surface area (Å²) >= 11 is 0. The Morgan fingerprint density at radius 2 is 1.82 bits per heavy atom. The number of aryl methyl sites for hydroxylation is 1. The third kappa shape index (κ3) is 3.47. The molecule has 0 saturated carbocycles. The molecule has 96 valence electrons. The molecule has 0 radical (unpaired) electrons. The molecule has 0 aliphatic carbocycles. The van der Waals surface area contributed by atoms with E-state index in [1.54, 1.807) is 4.98 Å². The highest BCUT2D eigenvalue weighted by Gasteiger charge is 2.34. The summed E-state index contributed by atoms with van der Waals surface area (Å²) in [5.74, 6) is 0. The van der Waals surface area contributed by atoms with Crippen molar-refractivity contribution < 1.29 is 28.1 Å². The highest BCUT2D eigenvalue weighted by atomic mass is 31.3. The summed E-state index contributed by atoms with van der Waals surface area (Å²) in [7, 11) is -10.3. The molecular weight excluding hydrogens is 278 g/mol. The monoisotopic (exact) mass is 286 g/mol. The molecule has 10 nitrogen and oxygen atoms in total. The van der Waals surface area contributed by atoms with Crippen LogP contribution in [0.15, 0.2) is 15.8 Å². The topological polar surface area (TPSA) is 159 Å². The highest BCUT2D eigenvalue weighted by Crippen LogP contribution is 2.56. The third-order valence-electron chi connectivity index (χ3n) is 1.59. The van der Waals surface area contributed by atoms with Crippen molar-refractivity contribution in [2.45, 2.75) is 6.92 Å². The molecule has 0 saturated heterocycles. The SMILES string of the molecule is Cc1cn(P(=O)(O)OP(=O)(O)O)c(=O)[nH]c1=O. The lowest BCUT2D eigenvalue weighted by atomic mass is 10.4. The molecule has 1 unspecified atom stereocenters. The van der Waals surface area contributed by atoms with Gasteiger partial charge in [-0.05, 0) is 6.92 Å². The zero-order valence-corrected chi connectivity index (χ0v) is 10.1. The van der Waals surface area contributed by atoms with Gasteiger partial charge in [-0.3, -0.25) is 9.78 Å². The predicted octanol–water partition coefficient (Wildman–Crippen LogP) is -1.10. The molecule has 0 bridgehead atoms. The molecule has 1 heterocycles. The summed E-state index contributed by atoms with van der Waals surface area (Å²) in [4.78, 5) is 49.8. The number of H-pyrrole nitrogens is 1. The Morgan fingerprint density at radius 1 is 1.29 bits per heavy atom. The van der Waals surface area contributed by atoms with Gasteiger partial charge in [0.2, 0.25) is 0 Å². The van der Waals surface area contributed by atoms with Gasteiger partial charge in [-0.1, -0.05) is 0 Å². The second kappa shape index (κ2) is 4.34. The summed E-state index contributed by atoms with van der Waals surface area (Å²) in [6.45, 7) is 1.23. The second-order valence-corrected chi connectivity index (χ2v) is 6.03. The van der Waals surface area contributed by atoms with Crippen LogP contribution in [0.1, 0.15) is 5.56 Å². The number of hydrogen-bond acceptors (Lipinski definition) is 5. The van der Waals surface area contributed by atoms with E-state index in [2.05, 4.69) is 4.31 Å². The standard InChI is InChI=1S/C5H8N2O8P2/c1-3-2-7(5(9)6-4(3)8)16(10,11)15-17(12,13)14/h2H,1H3,(H,10,11)(H,6,8,9)(H2,12,13,14). The Bertz CT molecular complexity index is 638. The smallest absolute Gasteiger partial charge is 0.307 e. The average Bonchev–Trinajstić information content (AvgIpc) is 2.06. The zero-order valence-electron chi connectivity index (χ0n) is 8.30. The van der Waals surface area contributed by atoms with Crippen molar-refractivity contribution in [3.05, 3.63) is 32.6 Å². The molecule has 1 atom stereocenters. The van der Waals surface area contributed by atoms with Gasteiger partial charge in [-0.2, -0.15) is 4.31 Å². The number of nitrogens with one attached hydrogen (secondary N) is 1. The molecule has 0 fully saturated rings. The average molecular weight is 286 g/mol. The first-order valence-corrected chi connectivity index (χ1v) is 7.02. The van der Waals surface area contributed by atoms with Crippen LogP contribution < -0.4 is 11.2 Å². The number of nitrogens with zero attached hydrogens (tertiary/aromatic N) is 1. The minimum Gasteiger partial charge on any atom is -0.307 e. The Balaban J connectivity index is 3.40. The molecule has 0 aliphatic rings. The molecule has 17 heavy (non-hydrogen) atoms. The van der Waals surface area contributed by atoms with E-state index in [4.69, 9.17) is 9.79 Å². The van der Waals surface area contributed by atoms with Crippen LogP contribution in [0.4, 0.5) is 0 Å². The molecule has 0 amide bonds. The van der Waals surface area contributed by atoms with Crippen LogP contribution in [0.25, 0.3) is 0 Å². The maximum atomic E-state index is 11.4. The highest BCUT2D eigenvalue weighted by molar-refractivity contribution is 7.62. The van der Waals surface area contributed by atoms with Gasteiger partial charge >= 0.3 is 21.3 Å². The molecule has 12 heteroatoms. The van der Waals surface area contributed by atoms with Crippen molar-refractivity contribution in [3.8, 4) is 0 Å². The predicted molar refractivity (Wildman–Crippen MR) is 54.4 cm³/mol. The number of phosphoric acid groups is 1. The van der Waals surface area contributed by atoms with Gasteiger partial charge in [-0.15, -0.1) is 0 Å². The van der Waals surface area contributed by atoms with Crippen LogP contribution >= 0.6 is 15.6 Å². The van der Waals surface area contributed by atoms with Crippen LogP contribution in [0, 0.1) is 6.92 Å². The number of rotatable bonds is 3. The third-order valence-corrected chi connectivity index (χ3v) is 4.13. The Hall–Kier alpha value is -1.02. The van der Waals surface area contributed by atoms with E-state index in [0.717, 1.165) is 0 Å². The summed E-state index contributed by atoms with van der Waals surface area (Å²) in [6, 6.07) is 0. The first-order valence-electron chi connectivity index (χ1n) is 3.96. The first kappa shape index (κ1) is 14.0. The number of aromatic amines is 1. The van der Waals surface area contributed by atoms with Crippen LogP contribution in [0.2, 0.25) is 0 Å². The molecule has 1 aromatic heterocycles. The fraction of sp³-hybridized carbons (Fsp3) is 0.200. The maximum Gasteiger partial charge on any atom is 0.478 e. The molecule has 0 aliphatic heterocycles. The number of hydrogen-bond donors (Lipinski definition) is 4. The minimum atomic E-state index is -5.26. The van der Waals surface area contributed by atoms with Crippen LogP contribution in [-0.2, 0) is 13.4 Å². The Kier molecular flexibility index (Phi) is 3.58. The van der Waals surface area contributed by atoms with Crippen molar-refractivity contribution in [2.75, 3.05) is 0 Å². The zero-order chi connectivity index (χ0) is 13.4. The lowest BCUT2D eigenvalue weighted by Gasteiger charge is -2.13. The van der Waals surface area contributed by atoms with Crippen molar-refractivity contribution in [1.82, 2.24) is 9.32 Å². The van der Waals surface area contributed by atoms with Gasteiger partial charge in [-0.25, -0.2) is 18.3 Å². The van der Waals surface area contributed by atoms with Gasteiger partial charge < -0.3 is 14.7 Å². The minimum absolute atomic E-state index is 0.0167. The van der Waals surface area contributed by atoms with Crippen molar-refractivity contribution >= 4 is 15.6 Å². The van der Waals surface area contributed by atoms with E-state index in [-0.39, 0.29) is 9.90 Å². The lowest BCUT2D eigenvalue weighted by Crippen LogP contribution is -2.30. The number of aromatic nitrogens is 2. The van der Waals surface area contributed by atoms with Gasteiger partial charge in [0, 0.05) is 11.8 Å². The molecule has 1 aromatic rings. The van der Waals surface area contributed by atoms with E-state index in [9.17, 15) is 23.6 Å². The molecular formula is C5H8N2O8P2. The first-order chi connectivity index (χ1) is 7.53. The van der Waals surface area contributed by atoms with Crippen LogP contribution in [0.3, 0.4) is 0 Å². The quantitative estimate of drug-likeness (QED) is 0.509. The van der Waals surface area contributed by atoms with Crippen molar-refractivity contribution in [1.29, 1.82) is 0 Å². The van der Waals surface area contributed by atoms with Crippen LogP contribution in [0.5, 0.6) is 0 Å². The Labute approximate surface area is 93.3 Å². The van der Waals surface area contributed by atoms with E-state index in [0.29, 0.717) is 6.20 Å². The van der Waals surface area contributed by atoms with Gasteiger partial charge in [0.25, 0.3) is 5.56 Å². The summed E-state index contributed by atoms with van der Waals surface area (Å²) in [6.07, 6.45) is 0.664. The van der Waals surface area contributed by atoms with Gasteiger partial charge in [0.05, 0.1) is 0 Å². The second-order valence-electron chi connectivity index (χ2n) is 2.98. The van der Waals surface area contributed by atoms with Crippen LogP contribution in [-0.4, -0.2) is 24.0 Å². The van der Waals surface area contributed by atoms with E-state index < -0.39 is 26.8 Å². The van der Waals surface area contributed by atoms with Crippen molar-refractivity contribution in [2.24, 2.45) is 0 Å². The fourth-order valence-corrected chi connectivity index (χ4v) is 2.94. The summed E-state index contributed by atoms with van der Waals surface area (Å²) < 4.78 is 25.5.